The number of halogens is 2. The molecular formula is C19H18F2N4O. The van der Waals surface area contributed by atoms with E-state index >= 15 is 0 Å². The van der Waals surface area contributed by atoms with Crippen LogP contribution in [-0.4, -0.2) is 46.4 Å². The van der Waals surface area contributed by atoms with Crippen LogP contribution in [0.2, 0.25) is 0 Å². The number of imidazole rings is 1. The topological polar surface area (TPSA) is 40.9 Å². The largest absolute Gasteiger partial charge is 0.366 e. The molecule has 0 radical (unpaired) electrons. The van der Waals surface area contributed by atoms with Crippen LogP contribution in [0.5, 0.6) is 0 Å². The molecule has 1 aliphatic heterocycles. The van der Waals surface area contributed by atoms with E-state index in [-0.39, 0.29) is 11.7 Å². The highest BCUT2D eigenvalue weighted by atomic mass is 19.1. The lowest BCUT2D eigenvalue weighted by Gasteiger charge is -2.36. The van der Waals surface area contributed by atoms with E-state index in [1.54, 1.807) is 36.1 Å². The van der Waals surface area contributed by atoms with Crippen molar-refractivity contribution >= 4 is 17.2 Å². The first kappa shape index (κ1) is 16.5. The molecule has 0 aliphatic carbocycles. The molecule has 134 valence electrons. The molecule has 4 rings (SSSR count). The molecule has 1 saturated heterocycles. The number of hydrogen-bond donors (Lipinski definition) is 0. The smallest absolute Gasteiger partial charge is 0.272 e. The third kappa shape index (κ3) is 2.79. The monoisotopic (exact) mass is 356 g/mol. The lowest BCUT2D eigenvalue weighted by atomic mass is 10.2. The Labute approximate surface area is 149 Å². The average molecular weight is 356 g/mol. The van der Waals surface area contributed by atoms with Gasteiger partial charge in [-0.25, -0.2) is 13.8 Å². The first-order valence-electron chi connectivity index (χ1n) is 8.47. The number of aromatic nitrogens is 2. The van der Waals surface area contributed by atoms with E-state index in [9.17, 15) is 13.6 Å². The molecule has 3 aromatic rings. The summed E-state index contributed by atoms with van der Waals surface area (Å²) in [6, 6.07) is 9.50. The molecule has 1 fully saturated rings. The summed E-state index contributed by atoms with van der Waals surface area (Å²) in [5, 5.41) is 0. The molecule has 3 heterocycles. The Bertz CT molecular complexity index is 977. The van der Waals surface area contributed by atoms with Crippen LogP contribution in [0.3, 0.4) is 0 Å². The van der Waals surface area contributed by atoms with Crippen LogP contribution in [-0.2, 0) is 0 Å². The number of rotatable bonds is 2. The van der Waals surface area contributed by atoms with Crippen molar-refractivity contribution in [2.75, 3.05) is 31.1 Å². The molecule has 0 saturated carbocycles. The lowest BCUT2D eigenvalue weighted by molar-refractivity contribution is 0.0739. The third-order valence-electron chi connectivity index (χ3n) is 4.72. The molecule has 0 atom stereocenters. The fourth-order valence-corrected chi connectivity index (χ4v) is 3.40. The molecule has 26 heavy (non-hydrogen) atoms. The van der Waals surface area contributed by atoms with Crippen LogP contribution in [0.4, 0.5) is 14.5 Å². The minimum Gasteiger partial charge on any atom is -0.366 e. The van der Waals surface area contributed by atoms with E-state index in [2.05, 4.69) is 4.98 Å². The van der Waals surface area contributed by atoms with E-state index in [1.165, 1.54) is 22.7 Å². The van der Waals surface area contributed by atoms with E-state index in [1.807, 2.05) is 4.90 Å². The molecule has 1 aromatic carbocycles. The number of fused-ring (bicyclic) bond motifs is 1. The van der Waals surface area contributed by atoms with Gasteiger partial charge < -0.3 is 9.80 Å². The fraction of sp³-hybridized carbons (Fsp3) is 0.263. The van der Waals surface area contributed by atoms with Gasteiger partial charge in [0.25, 0.3) is 5.91 Å². The molecular weight excluding hydrogens is 338 g/mol. The zero-order chi connectivity index (χ0) is 18.3. The highest BCUT2D eigenvalue weighted by Crippen LogP contribution is 2.22. The number of benzene rings is 1. The van der Waals surface area contributed by atoms with Crippen molar-refractivity contribution in [1.29, 1.82) is 0 Å². The quantitative estimate of drug-likeness (QED) is 0.709. The standard InChI is InChI=1S/C19H18F2N4O/c1-13-18(25-12-14(20)6-7-17(25)22-13)19(26)24-10-8-23(9-11-24)16-5-3-2-4-15(16)21/h2-7,12H,8-11H2,1H3. The van der Waals surface area contributed by atoms with Crippen LogP contribution in [0, 0.1) is 18.6 Å². The normalized spacial score (nSPS) is 14.9. The van der Waals surface area contributed by atoms with Gasteiger partial charge in [-0.1, -0.05) is 12.1 Å². The molecule has 2 aromatic heterocycles. The van der Waals surface area contributed by atoms with Gasteiger partial charge in [-0.15, -0.1) is 0 Å². The number of piperazine rings is 1. The maximum absolute atomic E-state index is 13.9. The molecule has 0 spiro atoms. The maximum Gasteiger partial charge on any atom is 0.272 e. The minimum atomic E-state index is -0.423. The SMILES string of the molecule is Cc1nc2ccc(F)cn2c1C(=O)N1CCN(c2ccccc2F)CC1. The van der Waals surface area contributed by atoms with Gasteiger partial charge in [0.05, 0.1) is 11.4 Å². The number of anilines is 1. The Balaban J connectivity index is 1.55. The number of pyridine rings is 1. The summed E-state index contributed by atoms with van der Waals surface area (Å²) in [7, 11) is 0. The molecule has 1 aliphatic rings. The van der Waals surface area contributed by atoms with E-state index in [0.29, 0.717) is 48.9 Å². The van der Waals surface area contributed by atoms with Crippen molar-refractivity contribution in [3.8, 4) is 0 Å². The van der Waals surface area contributed by atoms with Gasteiger partial charge in [-0.2, -0.15) is 0 Å². The zero-order valence-corrected chi connectivity index (χ0v) is 14.3. The highest BCUT2D eigenvalue weighted by molar-refractivity contribution is 5.94. The lowest BCUT2D eigenvalue weighted by Crippen LogP contribution is -2.49. The average Bonchev–Trinajstić information content (AvgIpc) is 2.97. The first-order valence-corrected chi connectivity index (χ1v) is 8.47. The second-order valence-electron chi connectivity index (χ2n) is 6.35. The zero-order valence-electron chi connectivity index (χ0n) is 14.3. The Morgan fingerprint density at radius 1 is 1.04 bits per heavy atom. The third-order valence-corrected chi connectivity index (χ3v) is 4.72. The number of amides is 1. The van der Waals surface area contributed by atoms with Gasteiger partial charge in [0.1, 0.15) is 23.0 Å². The molecule has 1 amide bonds. The van der Waals surface area contributed by atoms with E-state index in [4.69, 9.17) is 0 Å². The van der Waals surface area contributed by atoms with Crippen molar-refractivity contribution < 1.29 is 13.6 Å². The number of carbonyl (C=O) groups excluding carboxylic acids is 1. The van der Waals surface area contributed by atoms with Gasteiger partial charge >= 0.3 is 0 Å². The highest BCUT2D eigenvalue weighted by Gasteiger charge is 2.27. The second kappa shape index (κ2) is 6.40. The molecule has 0 bridgehead atoms. The molecule has 5 nitrogen and oxygen atoms in total. The summed E-state index contributed by atoms with van der Waals surface area (Å²) in [5.74, 6) is -0.873. The summed E-state index contributed by atoms with van der Waals surface area (Å²) in [6.45, 7) is 3.76. The van der Waals surface area contributed by atoms with Crippen molar-refractivity contribution in [1.82, 2.24) is 14.3 Å². The van der Waals surface area contributed by atoms with E-state index in [0.717, 1.165) is 0 Å². The number of hydrogen-bond acceptors (Lipinski definition) is 3. The summed E-state index contributed by atoms with van der Waals surface area (Å²) >= 11 is 0. The van der Waals surface area contributed by atoms with Gasteiger partial charge in [0.15, 0.2) is 0 Å². The van der Waals surface area contributed by atoms with Gasteiger partial charge in [0, 0.05) is 32.4 Å². The number of nitrogens with zero attached hydrogens (tertiary/aromatic N) is 4. The number of para-hydroxylation sites is 1. The van der Waals surface area contributed by atoms with Crippen molar-refractivity contribution in [2.45, 2.75) is 6.92 Å². The maximum atomic E-state index is 13.9. The Hall–Kier alpha value is -2.96. The predicted octanol–water partition coefficient (Wildman–Crippen LogP) is 2.88. The predicted molar refractivity (Wildman–Crippen MR) is 94.4 cm³/mol. The molecule has 0 unspecified atom stereocenters. The summed E-state index contributed by atoms with van der Waals surface area (Å²) in [6.07, 6.45) is 1.28. The minimum absolute atomic E-state index is 0.186. The van der Waals surface area contributed by atoms with Crippen LogP contribution in [0.15, 0.2) is 42.6 Å². The van der Waals surface area contributed by atoms with Crippen LogP contribution < -0.4 is 4.90 Å². The first-order chi connectivity index (χ1) is 12.5. The van der Waals surface area contributed by atoms with Crippen molar-refractivity contribution in [3.05, 3.63) is 65.6 Å². The Morgan fingerprint density at radius 3 is 2.50 bits per heavy atom. The van der Waals surface area contributed by atoms with Crippen LogP contribution in [0.1, 0.15) is 16.2 Å². The van der Waals surface area contributed by atoms with Crippen LogP contribution >= 0.6 is 0 Å². The number of carbonyl (C=O) groups is 1. The van der Waals surface area contributed by atoms with Crippen LogP contribution in [0.25, 0.3) is 5.65 Å². The molecule has 7 heteroatoms. The summed E-state index contributed by atoms with van der Waals surface area (Å²) < 4.78 is 29.0. The Morgan fingerprint density at radius 2 is 1.77 bits per heavy atom. The fourth-order valence-electron chi connectivity index (χ4n) is 3.40. The summed E-state index contributed by atoms with van der Waals surface area (Å²) in [5.41, 5.74) is 2.03. The Kier molecular flexibility index (Phi) is 4.06. The summed E-state index contributed by atoms with van der Waals surface area (Å²) in [4.78, 5) is 20.9. The van der Waals surface area contributed by atoms with Crippen molar-refractivity contribution in [3.63, 3.8) is 0 Å². The molecule has 0 N–H and O–H groups in total. The van der Waals surface area contributed by atoms with Gasteiger partial charge in [-0.05, 0) is 31.2 Å². The van der Waals surface area contributed by atoms with Gasteiger partial charge in [-0.3, -0.25) is 9.20 Å². The van der Waals surface area contributed by atoms with Gasteiger partial charge in [0.2, 0.25) is 0 Å². The number of aryl methyl sites for hydroxylation is 1. The van der Waals surface area contributed by atoms with Crippen molar-refractivity contribution in [2.24, 2.45) is 0 Å². The second-order valence-corrected chi connectivity index (χ2v) is 6.35. The van der Waals surface area contributed by atoms with E-state index < -0.39 is 5.82 Å².